The highest BCUT2D eigenvalue weighted by molar-refractivity contribution is 6.31. The van der Waals surface area contributed by atoms with Gasteiger partial charge in [0.05, 0.1) is 17.9 Å². The van der Waals surface area contributed by atoms with Crippen LogP contribution in [0.5, 0.6) is 5.75 Å². The quantitative estimate of drug-likeness (QED) is 0.509. The van der Waals surface area contributed by atoms with Crippen molar-refractivity contribution in [1.82, 2.24) is 5.06 Å². The van der Waals surface area contributed by atoms with Crippen LogP contribution in [0.4, 0.5) is 14.9 Å². The molecule has 0 saturated carbocycles. The fourth-order valence-corrected chi connectivity index (χ4v) is 3.95. The number of nitrogens with zero attached hydrogens (tertiary/aromatic N) is 1. The number of carbonyl (C=O) groups excluding carboxylic acids is 1. The van der Waals surface area contributed by atoms with Crippen LogP contribution in [0.1, 0.15) is 31.2 Å². The largest absolute Gasteiger partial charge is 0.491 e. The van der Waals surface area contributed by atoms with Gasteiger partial charge in [-0.15, -0.1) is 0 Å². The molecule has 2 aromatic carbocycles. The van der Waals surface area contributed by atoms with E-state index in [0.717, 1.165) is 5.56 Å². The van der Waals surface area contributed by atoms with Crippen molar-refractivity contribution in [2.24, 2.45) is 5.73 Å². The molecule has 9 heteroatoms. The second-order valence-corrected chi connectivity index (χ2v) is 8.33. The second-order valence-electron chi connectivity index (χ2n) is 7.89. The van der Waals surface area contributed by atoms with Crippen LogP contribution in [-0.4, -0.2) is 46.2 Å². The molecule has 0 radical (unpaired) electrons. The number of anilines is 1. The van der Waals surface area contributed by atoms with Crippen LogP contribution < -0.4 is 15.8 Å². The van der Waals surface area contributed by atoms with Gasteiger partial charge in [-0.1, -0.05) is 23.7 Å². The first-order valence-corrected chi connectivity index (χ1v) is 10.5. The third kappa shape index (κ3) is 6.80. The summed E-state index contributed by atoms with van der Waals surface area (Å²) < 4.78 is 18.9. The first-order chi connectivity index (χ1) is 14.7. The minimum atomic E-state index is -0.998. The van der Waals surface area contributed by atoms with Crippen molar-refractivity contribution in [3.05, 3.63) is 58.9 Å². The number of aliphatic hydroxyl groups is 1. The summed E-state index contributed by atoms with van der Waals surface area (Å²) in [5.41, 5.74) is 5.47. The maximum atomic E-state index is 13.1. The number of urea groups is 1. The molecule has 1 fully saturated rings. The maximum absolute atomic E-state index is 13.1. The molecule has 1 saturated heterocycles. The summed E-state index contributed by atoms with van der Waals surface area (Å²) >= 11 is 5.95. The van der Waals surface area contributed by atoms with Gasteiger partial charge < -0.3 is 26.1 Å². The molecule has 1 heterocycles. The van der Waals surface area contributed by atoms with E-state index in [1.54, 1.807) is 24.3 Å². The molecule has 2 atom stereocenters. The molecule has 168 valence electrons. The normalized spacial score (nSPS) is 22.0. The predicted molar refractivity (Wildman–Crippen MR) is 116 cm³/mol. The number of nitrogens with one attached hydrogen (secondary N) is 1. The molecule has 1 aliphatic heterocycles. The van der Waals surface area contributed by atoms with Gasteiger partial charge in [0.25, 0.3) is 0 Å². The highest BCUT2D eigenvalue weighted by Gasteiger charge is 2.34. The number of hydrogen-bond donors (Lipinski definition) is 4. The van der Waals surface area contributed by atoms with E-state index < -0.39 is 11.6 Å². The Bertz CT molecular complexity index is 899. The topological polar surface area (TPSA) is 108 Å². The second kappa shape index (κ2) is 10.3. The molecular weight excluding hydrogens is 425 g/mol. The Kier molecular flexibility index (Phi) is 7.72. The van der Waals surface area contributed by atoms with Crippen LogP contribution in [0.3, 0.4) is 0 Å². The van der Waals surface area contributed by atoms with E-state index in [1.807, 2.05) is 0 Å². The number of ether oxygens (including phenoxy) is 1. The summed E-state index contributed by atoms with van der Waals surface area (Å²) in [5.74, 6) is 0.105. The lowest BCUT2D eigenvalue weighted by Gasteiger charge is -2.26. The van der Waals surface area contributed by atoms with Gasteiger partial charge >= 0.3 is 6.03 Å². The predicted octanol–water partition coefficient (Wildman–Crippen LogP) is 3.96. The minimum Gasteiger partial charge on any atom is -0.491 e. The van der Waals surface area contributed by atoms with E-state index in [1.165, 1.54) is 23.3 Å². The van der Waals surface area contributed by atoms with Gasteiger partial charge in [-0.05, 0) is 61.6 Å². The van der Waals surface area contributed by atoms with Gasteiger partial charge in [0.2, 0.25) is 0 Å². The van der Waals surface area contributed by atoms with Crippen molar-refractivity contribution in [2.45, 2.75) is 43.7 Å². The van der Waals surface area contributed by atoms with Gasteiger partial charge in [0.1, 0.15) is 11.6 Å². The van der Waals surface area contributed by atoms with Crippen molar-refractivity contribution in [2.75, 3.05) is 18.5 Å². The van der Waals surface area contributed by atoms with E-state index in [0.29, 0.717) is 55.1 Å². The number of rotatable bonds is 7. The minimum absolute atomic E-state index is 0.164. The number of hydrogen-bond acceptors (Lipinski definition) is 5. The highest BCUT2D eigenvalue weighted by Crippen LogP contribution is 2.31. The SMILES string of the molecule is NC(=O)Nc1cc(Cl)ccc1OCCC1(O)CCC(Cc2ccc(F)cc2)N(O)CC1. The number of primary amides is 1. The van der Waals surface area contributed by atoms with E-state index in [2.05, 4.69) is 5.32 Å². The molecule has 2 unspecified atom stereocenters. The van der Waals surface area contributed by atoms with Crippen LogP contribution in [-0.2, 0) is 6.42 Å². The first kappa shape index (κ1) is 23.3. The lowest BCUT2D eigenvalue weighted by atomic mass is 9.90. The monoisotopic (exact) mass is 451 g/mol. The summed E-state index contributed by atoms with van der Waals surface area (Å²) in [6, 6.07) is 10.1. The number of halogens is 2. The Morgan fingerprint density at radius 1 is 1.29 bits per heavy atom. The average Bonchev–Trinajstić information content (AvgIpc) is 2.85. The van der Waals surface area contributed by atoms with Crippen LogP contribution in [0.2, 0.25) is 5.02 Å². The number of carbonyl (C=O) groups is 1. The van der Waals surface area contributed by atoms with Crippen LogP contribution in [0.15, 0.2) is 42.5 Å². The Morgan fingerprint density at radius 2 is 2.03 bits per heavy atom. The molecular formula is C22H27ClFN3O4. The number of benzene rings is 2. The fraction of sp³-hybridized carbons (Fsp3) is 0.409. The maximum Gasteiger partial charge on any atom is 0.316 e. The van der Waals surface area contributed by atoms with Crippen LogP contribution in [0.25, 0.3) is 0 Å². The molecule has 31 heavy (non-hydrogen) atoms. The molecule has 2 aromatic rings. The van der Waals surface area contributed by atoms with Gasteiger partial charge in [0.15, 0.2) is 0 Å². The number of amides is 2. The Hall–Kier alpha value is -2.39. The molecule has 0 aromatic heterocycles. The van der Waals surface area contributed by atoms with Crippen molar-refractivity contribution in [1.29, 1.82) is 0 Å². The zero-order valence-corrected chi connectivity index (χ0v) is 17.8. The third-order valence-corrected chi connectivity index (χ3v) is 5.81. The van der Waals surface area contributed by atoms with Crippen molar-refractivity contribution in [3.8, 4) is 5.75 Å². The first-order valence-electron chi connectivity index (χ1n) is 10.2. The van der Waals surface area contributed by atoms with Gasteiger partial charge in [-0.3, -0.25) is 0 Å². The van der Waals surface area contributed by atoms with Crippen LogP contribution in [0, 0.1) is 5.82 Å². The molecule has 0 spiro atoms. The van der Waals surface area contributed by atoms with Gasteiger partial charge in [-0.25, -0.2) is 9.18 Å². The van der Waals surface area contributed by atoms with Crippen LogP contribution >= 0.6 is 11.6 Å². The molecule has 2 amide bonds. The zero-order valence-electron chi connectivity index (χ0n) is 17.1. The summed E-state index contributed by atoms with van der Waals surface area (Å²) in [4.78, 5) is 11.2. The zero-order chi connectivity index (χ0) is 22.4. The lowest BCUT2D eigenvalue weighted by molar-refractivity contribution is -0.127. The molecule has 5 N–H and O–H groups in total. The molecule has 3 rings (SSSR count). The standard InChI is InChI=1S/C22H27ClFN3O4/c23-16-3-6-20(19(14-16)26-21(25)28)31-12-10-22(29)8-7-18(27(30)11-9-22)13-15-1-4-17(24)5-2-15/h1-6,14,18,29-30H,7-13H2,(H3,25,26,28). The van der Waals surface area contributed by atoms with Crippen molar-refractivity contribution >= 4 is 23.3 Å². The molecule has 0 bridgehead atoms. The van der Waals surface area contributed by atoms with E-state index in [-0.39, 0.29) is 18.5 Å². The third-order valence-electron chi connectivity index (χ3n) is 5.58. The summed E-state index contributed by atoms with van der Waals surface area (Å²) in [6.07, 6.45) is 2.38. The summed E-state index contributed by atoms with van der Waals surface area (Å²) in [6.45, 7) is 0.525. The van der Waals surface area contributed by atoms with E-state index in [9.17, 15) is 19.5 Å². The summed E-state index contributed by atoms with van der Waals surface area (Å²) in [7, 11) is 0. The van der Waals surface area contributed by atoms with E-state index >= 15 is 0 Å². The van der Waals surface area contributed by atoms with Crippen molar-refractivity contribution in [3.63, 3.8) is 0 Å². The molecule has 0 aliphatic carbocycles. The summed E-state index contributed by atoms with van der Waals surface area (Å²) in [5, 5.41) is 25.6. The average molecular weight is 452 g/mol. The molecule has 7 nitrogen and oxygen atoms in total. The van der Waals surface area contributed by atoms with E-state index in [4.69, 9.17) is 22.1 Å². The Balaban J connectivity index is 1.56. The Morgan fingerprint density at radius 3 is 2.74 bits per heavy atom. The van der Waals surface area contributed by atoms with Gasteiger partial charge in [-0.2, -0.15) is 5.06 Å². The van der Waals surface area contributed by atoms with Gasteiger partial charge in [0, 0.05) is 24.0 Å². The number of nitrogens with two attached hydrogens (primary N) is 1. The Labute approximate surface area is 185 Å². The van der Waals surface area contributed by atoms with Crippen molar-refractivity contribution < 1.29 is 24.2 Å². The smallest absolute Gasteiger partial charge is 0.316 e. The number of hydroxylamine groups is 2. The fourth-order valence-electron chi connectivity index (χ4n) is 3.77. The highest BCUT2D eigenvalue weighted by atomic mass is 35.5. The lowest BCUT2D eigenvalue weighted by Crippen LogP contribution is -2.34. The molecule has 1 aliphatic rings.